The largest absolute Gasteiger partial charge is 0.489 e. The van der Waals surface area contributed by atoms with E-state index in [4.69, 9.17) is 4.74 Å². The number of carbonyl (C=O) groups is 3. The lowest BCUT2D eigenvalue weighted by Gasteiger charge is -2.39. The highest BCUT2D eigenvalue weighted by Crippen LogP contribution is 2.35. The van der Waals surface area contributed by atoms with Gasteiger partial charge in [-0.1, -0.05) is 0 Å². The van der Waals surface area contributed by atoms with Gasteiger partial charge in [0.15, 0.2) is 11.4 Å². The molecule has 0 unspecified atom stereocenters. The van der Waals surface area contributed by atoms with Crippen LogP contribution in [0, 0.1) is 18.7 Å². The number of anilines is 1. The lowest BCUT2D eigenvalue weighted by atomic mass is 9.93. The third-order valence-corrected chi connectivity index (χ3v) is 8.40. The number of rotatable bonds is 3. The molecule has 11 nitrogen and oxygen atoms in total. The first-order valence-electron chi connectivity index (χ1n) is 12.0. The lowest BCUT2D eigenvalue weighted by molar-refractivity contribution is -0.147. The van der Waals surface area contributed by atoms with Crippen molar-refractivity contribution in [2.45, 2.75) is 43.2 Å². The molecule has 3 amide bonds. The van der Waals surface area contributed by atoms with Crippen LogP contribution in [-0.4, -0.2) is 67.4 Å². The van der Waals surface area contributed by atoms with Crippen LogP contribution < -0.4 is 20.1 Å². The summed E-state index contributed by atoms with van der Waals surface area (Å²) in [5.41, 5.74) is 0.711. The van der Waals surface area contributed by atoms with Gasteiger partial charge in [0.1, 0.15) is 10.7 Å². The molecule has 2 atom stereocenters. The number of hydrogen-bond donors (Lipinski definition) is 3. The van der Waals surface area contributed by atoms with E-state index in [1.165, 1.54) is 40.9 Å². The molecule has 2 fully saturated rings. The number of benzene rings is 1. The van der Waals surface area contributed by atoms with Gasteiger partial charge in [0.05, 0.1) is 6.61 Å². The van der Waals surface area contributed by atoms with Crippen LogP contribution in [0.4, 0.5) is 10.1 Å². The summed E-state index contributed by atoms with van der Waals surface area (Å²) in [5, 5.41) is 5.33. The SMILES string of the molecule is Cc1cc(NC(=O)c2c3c(cn2C)S(=O)(=O)N[C@H]2CN(C(=O)C(=O)NC4CC4)CC[C@@H]2CO3)ccc1F. The molecule has 3 heterocycles. The number of aromatic nitrogens is 1. The molecular weight excluding hydrogens is 505 g/mol. The molecule has 1 saturated heterocycles. The maximum absolute atomic E-state index is 13.6. The van der Waals surface area contributed by atoms with E-state index in [9.17, 15) is 27.2 Å². The molecule has 0 radical (unpaired) electrons. The summed E-state index contributed by atoms with van der Waals surface area (Å²) in [7, 11) is -2.61. The fraction of sp³-hybridized carbons (Fsp3) is 0.458. The highest BCUT2D eigenvalue weighted by Gasteiger charge is 2.41. The Kier molecular flexibility index (Phi) is 6.44. The molecule has 5 rings (SSSR count). The minimum atomic E-state index is -4.13. The second-order valence-electron chi connectivity index (χ2n) is 9.79. The van der Waals surface area contributed by atoms with E-state index in [2.05, 4.69) is 15.4 Å². The van der Waals surface area contributed by atoms with Crippen molar-refractivity contribution in [1.29, 1.82) is 0 Å². The van der Waals surface area contributed by atoms with Crippen molar-refractivity contribution in [3.8, 4) is 5.75 Å². The van der Waals surface area contributed by atoms with Gasteiger partial charge in [0.2, 0.25) is 10.0 Å². The van der Waals surface area contributed by atoms with E-state index in [0.717, 1.165) is 12.8 Å². The third kappa shape index (κ3) is 5.05. The van der Waals surface area contributed by atoms with Crippen LogP contribution >= 0.6 is 0 Å². The molecule has 0 bridgehead atoms. The zero-order valence-corrected chi connectivity index (χ0v) is 21.2. The summed E-state index contributed by atoms with van der Waals surface area (Å²) in [6.45, 7) is 1.99. The topological polar surface area (TPSA) is 139 Å². The monoisotopic (exact) mass is 533 g/mol. The van der Waals surface area contributed by atoms with Crippen LogP contribution in [0.2, 0.25) is 0 Å². The van der Waals surface area contributed by atoms with Gasteiger partial charge in [-0.2, -0.15) is 0 Å². The number of hydrogen-bond acceptors (Lipinski definition) is 6. The summed E-state index contributed by atoms with van der Waals surface area (Å²) >= 11 is 0. The third-order valence-electron chi connectivity index (χ3n) is 6.92. The van der Waals surface area contributed by atoms with Gasteiger partial charge in [-0.15, -0.1) is 0 Å². The van der Waals surface area contributed by atoms with E-state index in [1.54, 1.807) is 6.92 Å². The number of nitrogens with one attached hydrogen (secondary N) is 3. The molecule has 13 heteroatoms. The van der Waals surface area contributed by atoms with Crippen molar-refractivity contribution in [2.75, 3.05) is 25.0 Å². The number of nitrogens with zero attached hydrogens (tertiary/aromatic N) is 2. The molecule has 2 aliphatic heterocycles. The quantitative estimate of drug-likeness (QED) is 0.501. The second kappa shape index (κ2) is 9.45. The van der Waals surface area contributed by atoms with Crippen molar-refractivity contribution >= 4 is 33.4 Å². The van der Waals surface area contributed by atoms with E-state index in [-0.39, 0.29) is 48.0 Å². The fourth-order valence-corrected chi connectivity index (χ4v) is 6.16. The molecule has 1 saturated carbocycles. The number of halogens is 1. The van der Waals surface area contributed by atoms with Crippen molar-refractivity contribution < 1.29 is 31.9 Å². The van der Waals surface area contributed by atoms with Crippen molar-refractivity contribution in [3.05, 3.63) is 41.5 Å². The van der Waals surface area contributed by atoms with E-state index in [1.807, 2.05) is 0 Å². The van der Waals surface area contributed by atoms with Gasteiger partial charge in [0, 0.05) is 50.0 Å². The van der Waals surface area contributed by atoms with Crippen LogP contribution in [0.1, 0.15) is 35.3 Å². The Morgan fingerprint density at radius 1 is 1.19 bits per heavy atom. The standard InChI is InChI=1S/C24H28FN5O6S/c1-13-9-16(5-6-17(13)25)27-22(31)20-21-19(11-29(20)2)37(34,35)28-18-10-30(8-7-14(18)12-36-21)24(33)23(32)26-15-3-4-15/h5-6,9,11,14-15,18,28H,3-4,7-8,10,12H2,1-2H3,(H,26,32)(H,27,31)/t14-,18+/m1/s1. The number of likely N-dealkylation sites (tertiary alicyclic amines) is 1. The minimum absolute atomic E-state index is 0.00478. The molecule has 3 aliphatic rings. The molecule has 2 aromatic rings. The molecule has 198 valence electrons. The number of fused-ring (bicyclic) bond motifs is 2. The van der Waals surface area contributed by atoms with Crippen LogP contribution in [0.5, 0.6) is 5.75 Å². The number of carbonyl (C=O) groups excluding carboxylic acids is 3. The highest BCUT2D eigenvalue weighted by atomic mass is 32.2. The zero-order chi connectivity index (χ0) is 26.5. The molecule has 1 aromatic heterocycles. The smallest absolute Gasteiger partial charge is 0.311 e. The van der Waals surface area contributed by atoms with E-state index >= 15 is 0 Å². The lowest BCUT2D eigenvalue weighted by Crippen LogP contribution is -2.57. The number of amides is 3. The molecule has 37 heavy (non-hydrogen) atoms. The summed E-state index contributed by atoms with van der Waals surface area (Å²) in [4.78, 5) is 39.1. The number of aryl methyl sites for hydroxylation is 2. The van der Waals surface area contributed by atoms with Crippen LogP contribution in [0.15, 0.2) is 29.3 Å². The summed E-state index contributed by atoms with van der Waals surface area (Å²) in [6.07, 6.45) is 3.40. The summed E-state index contributed by atoms with van der Waals surface area (Å²) in [5.74, 6) is -2.73. The van der Waals surface area contributed by atoms with Crippen LogP contribution in [0.25, 0.3) is 0 Å². The van der Waals surface area contributed by atoms with E-state index < -0.39 is 39.6 Å². The number of sulfonamides is 1. The Hall–Kier alpha value is -3.45. The molecular formula is C24H28FN5O6S. The normalized spacial score (nSPS) is 22.5. The Labute approximate surface area is 213 Å². The van der Waals surface area contributed by atoms with Gasteiger partial charge in [-0.25, -0.2) is 17.5 Å². The first kappa shape index (κ1) is 25.2. The molecule has 1 aliphatic carbocycles. The van der Waals surface area contributed by atoms with Crippen molar-refractivity contribution in [1.82, 2.24) is 19.5 Å². The Morgan fingerprint density at radius 2 is 1.95 bits per heavy atom. The average molecular weight is 534 g/mol. The maximum atomic E-state index is 13.6. The van der Waals surface area contributed by atoms with E-state index in [0.29, 0.717) is 17.7 Å². The fourth-order valence-electron chi connectivity index (χ4n) is 4.67. The maximum Gasteiger partial charge on any atom is 0.311 e. The van der Waals surface area contributed by atoms with Crippen molar-refractivity contribution in [2.24, 2.45) is 13.0 Å². The minimum Gasteiger partial charge on any atom is -0.489 e. The first-order chi connectivity index (χ1) is 17.5. The predicted octanol–water partition coefficient (Wildman–Crippen LogP) is 0.891. The Balaban J connectivity index is 1.36. The van der Waals surface area contributed by atoms with Gasteiger partial charge >= 0.3 is 11.8 Å². The molecule has 1 aromatic carbocycles. The average Bonchev–Trinajstić information content (AvgIpc) is 3.58. The van der Waals surface area contributed by atoms with Gasteiger partial charge < -0.3 is 24.8 Å². The van der Waals surface area contributed by atoms with Crippen molar-refractivity contribution in [3.63, 3.8) is 0 Å². The number of piperidine rings is 1. The Morgan fingerprint density at radius 3 is 2.65 bits per heavy atom. The molecule has 3 N–H and O–H groups in total. The first-order valence-corrected chi connectivity index (χ1v) is 13.5. The highest BCUT2D eigenvalue weighted by molar-refractivity contribution is 7.89. The van der Waals surface area contributed by atoms with Gasteiger partial charge in [-0.05, 0) is 49.9 Å². The van der Waals surface area contributed by atoms with Gasteiger partial charge in [-0.3, -0.25) is 14.4 Å². The second-order valence-corrected chi connectivity index (χ2v) is 11.5. The predicted molar refractivity (Wildman–Crippen MR) is 130 cm³/mol. The van der Waals surface area contributed by atoms with Crippen LogP contribution in [-0.2, 0) is 26.7 Å². The Bertz CT molecular complexity index is 1390. The number of ether oxygens (including phenoxy) is 1. The van der Waals surface area contributed by atoms with Gasteiger partial charge in [0.25, 0.3) is 5.91 Å². The summed E-state index contributed by atoms with van der Waals surface area (Å²) in [6, 6.07) is 3.50. The molecule has 0 spiro atoms. The summed E-state index contributed by atoms with van der Waals surface area (Å²) < 4.78 is 50.2. The zero-order valence-electron chi connectivity index (χ0n) is 20.4. The van der Waals surface area contributed by atoms with Crippen LogP contribution in [0.3, 0.4) is 0 Å².